The molecule has 0 bridgehead atoms. The van der Waals surface area contributed by atoms with Gasteiger partial charge in [-0.2, -0.15) is 0 Å². The molecular weight excluding hydrogens is 216 g/mol. The first kappa shape index (κ1) is 14.7. The van der Waals surface area contributed by atoms with E-state index < -0.39 is 5.41 Å². The summed E-state index contributed by atoms with van der Waals surface area (Å²) in [4.78, 5) is 13.9. The van der Waals surface area contributed by atoms with Gasteiger partial charge in [0.15, 0.2) is 0 Å². The molecule has 1 amide bonds. The molecule has 2 N–H and O–H groups in total. The van der Waals surface area contributed by atoms with E-state index in [1.807, 2.05) is 18.7 Å². The van der Waals surface area contributed by atoms with Crippen molar-refractivity contribution in [3.63, 3.8) is 0 Å². The van der Waals surface area contributed by atoms with Crippen molar-refractivity contribution in [3.8, 4) is 0 Å². The average Bonchev–Trinajstić information content (AvgIpc) is 2.44. The molecule has 0 aromatic carbocycles. The van der Waals surface area contributed by atoms with Crippen LogP contribution in [0.4, 0.5) is 0 Å². The van der Waals surface area contributed by atoms with Gasteiger partial charge in [-0.15, -0.1) is 12.4 Å². The molecule has 0 aliphatic carbocycles. The molecule has 1 saturated heterocycles. The van der Waals surface area contributed by atoms with Gasteiger partial charge in [0.2, 0.25) is 5.91 Å². The summed E-state index contributed by atoms with van der Waals surface area (Å²) < 4.78 is 5.30. The summed E-state index contributed by atoms with van der Waals surface area (Å²) in [6.45, 7) is 7.06. The first-order valence-corrected chi connectivity index (χ1v) is 5.15. The Morgan fingerprint density at radius 3 is 2.67 bits per heavy atom. The lowest BCUT2D eigenvalue weighted by Crippen LogP contribution is -2.45. The van der Waals surface area contributed by atoms with Crippen LogP contribution in [-0.4, -0.2) is 43.7 Å². The number of carbonyl (C=O) groups is 1. The predicted octanol–water partition coefficient (Wildman–Crippen LogP) is 0.642. The lowest BCUT2D eigenvalue weighted by Gasteiger charge is -2.29. The molecule has 1 rings (SSSR count). The maximum Gasteiger partial charge on any atom is 0.229 e. The molecule has 1 heterocycles. The monoisotopic (exact) mass is 236 g/mol. The fourth-order valence-electron chi connectivity index (χ4n) is 1.46. The number of rotatable bonds is 2. The summed E-state index contributed by atoms with van der Waals surface area (Å²) in [5, 5.41) is 0. The minimum Gasteiger partial charge on any atom is -0.380 e. The summed E-state index contributed by atoms with van der Waals surface area (Å²) in [5.74, 6) is 0.144. The molecule has 0 aromatic heterocycles. The van der Waals surface area contributed by atoms with Gasteiger partial charge in [-0.25, -0.2) is 0 Å². The third-order valence-electron chi connectivity index (χ3n) is 2.60. The van der Waals surface area contributed by atoms with Crippen molar-refractivity contribution in [2.75, 3.05) is 32.8 Å². The van der Waals surface area contributed by atoms with Gasteiger partial charge in [-0.3, -0.25) is 4.79 Å². The minimum atomic E-state index is -0.440. The van der Waals surface area contributed by atoms with Crippen LogP contribution in [0.3, 0.4) is 0 Å². The molecule has 15 heavy (non-hydrogen) atoms. The van der Waals surface area contributed by atoms with E-state index in [9.17, 15) is 4.79 Å². The van der Waals surface area contributed by atoms with Gasteiger partial charge in [0.25, 0.3) is 0 Å². The quantitative estimate of drug-likeness (QED) is 0.766. The Bertz CT molecular complexity index is 202. The van der Waals surface area contributed by atoms with Crippen LogP contribution in [-0.2, 0) is 9.53 Å². The van der Waals surface area contributed by atoms with E-state index in [1.54, 1.807) is 0 Å². The molecular formula is C10H21ClN2O2. The number of halogens is 1. The van der Waals surface area contributed by atoms with Crippen LogP contribution in [0.1, 0.15) is 20.3 Å². The molecule has 90 valence electrons. The third-order valence-corrected chi connectivity index (χ3v) is 2.60. The second-order valence-corrected chi connectivity index (χ2v) is 4.35. The van der Waals surface area contributed by atoms with E-state index in [2.05, 4.69) is 0 Å². The summed E-state index contributed by atoms with van der Waals surface area (Å²) in [6, 6.07) is 0. The average molecular weight is 237 g/mol. The lowest BCUT2D eigenvalue weighted by molar-refractivity contribution is -0.139. The highest BCUT2D eigenvalue weighted by Crippen LogP contribution is 2.17. The topological polar surface area (TPSA) is 55.6 Å². The number of nitrogens with zero attached hydrogens (tertiary/aromatic N) is 1. The third kappa shape index (κ3) is 3.97. The standard InChI is InChI=1S/C10H20N2O2.ClH/c1-10(2,8-11)9(13)12-4-3-6-14-7-5-12;/h3-8,11H2,1-2H3;1H. The normalized spacial score (nSPS) is 17.9. The molecule has 0 saturated carbocycles. The number of nitrogens with two attached hydrogens (primary N) is 1. The van der Waals surface area contributed by atoms with Gasteiger partial charge in [0, 0.05) is 26.2 Å². The molecule has 1 fully saturated rings. The number of hydrogen-bond donors (Lipinski definition) is 1. The second kappa shape index (κ2) is 6.30. The van der Waals surface area contributed by atoms with Gasteiger partial charge in [0.05, 0.1) is 12.0 Å². The maximum atomic E-state index is 12.0. The van der Waals surface area contributed by atoms with Crippen LogP contribution < -0.4 is 5.73 Å². The van der Waals surface area contributed by atoms with Crippen LogP contribution in [0, 0.1) is 5.41 Å². The fourth-order valence-corrected chi connectivity index (χ4v) is 1.46. The highest BCUT2D eigenvalue weighted by atomic mass is 35.5. The van der Waals surface area contributed by atoms with Crippen LogP contribution in [0.5, 0.6) is 0 Å². The van der Waals surface area contributed by atoms with E-state index in [1.165, 1.54) is 0 Å². The van der Waals surface area contributed by atoms with E-state index in [0.717, 1.165) is 19.6 Å². The van der Waals surface area contributed by atoms with E-state index in [4.69, 9.17) is 10.5 Å². The van der Waals surface area contributed by atoms with Crippen molar-refractivity contribution in [2.24, 2.45) is 11.1 Å². The predicted molar refractivity (Wildman–Crippen MR) is 62.1 cm³/mol. The largest absolute Gasteiger partial charge is 0.380 e. The number of carbonyl (C=O) groups excluding carboxylic acids is 1. The van der Waals surface area contributed by atoms with Crippen molar-refractivity contribution in [1.82, 2.24) is 4.90 Å². The molecule has 0 radical (unpaired) electrons. The van der Waals surface area contributed by atoms with Crippen LogP contribution in [0.2, 0.25) is 0 Å². The fraction of sp³-hybridized carbons (Fsp3) is 0.900. The van der Waals surface area contributed by atoms with E-state index in [0.29, 0.717) is 19.7 Å². The first-order chi connectivity index (χ1) is 6.58. The summed E-state index contributed by atoms with van der Waals surface area (Å²) in [7, 11) is 0. The Balaban J connectivity index is 0.00000196. The summed E-state index contributed by atoms with van der Waals surface area (Å²) in [6.07, 6.45) is 0.923. The zero-order valence-electron chi connectivity index (χ0n) is 9.49. The van der Waals surface area contributed by atoms with Crippen molar-refractivity contribution in [3.05, 3.63) is 0 Å². The van der Waals surface area contributed by atoms with Gasteiger partial charge >= 0.3 is 0 Å². The second-order valence-electron chi connectivity index (χ2n) is 4.35. The zero-order chi connectivity index (χ0) is 10.6. The lowest BCUT2D eigenvalue weighted by atomic mass is 9.92. The SMILES string of the molecule is CC(C)(CN)C(=O)N1CCCOCC1.Cl. The first-order valence-electron chi connectivity index (χ1n) is 5.15. The van der Waals surface area contributed by atoms with Crippen molar-refractivity contribution in [2.45, 2.75) is 20.3 Å². The molecule has 1 aliphatic heterocycles. The smallest absolute Gasteiger partial charge is 0.229 e. The molecule has 0 atom stereocenters. The number of amides is 1. The van der Waals surface area contributed by atoms with Crippen molar-refractivity contribution in [1.29, 1.82) is 0 Å². The van der Waals surface area contributed by atoms with Gasteiger partial charge < -0.3 is 15.4 Å². The molecule has 1 aliphatic rings. The molecule has 4 nitrogen and oxygen atoms in total. The Kier molecular flexibility index (Phi) is 6.17. The van der Waals surface area contributed by atoms with E-state index >= 15 is 0 Å². The van der Waals surface area contributed by atoms with Gasteiger partial charge in [-0.05, 0) is 20.3 Å². The zero-order valence-corrected chi connectivity index (χ0v) is 10.3. The maximum absolute atomic E-state index is 12.0. The van der Waals surface area contributed by atoms with Crippen LogP contribution in [0.25, 0.3) is 0 Å². The Hall–Kier alpha value is -0.320. The number of ether oxygens (including phenoxy) is 1. The van der Waals surface area contributed by atoms with Crippen LogP contribution in [0.15, 0.2) is 0 Å². The Morgan fingerprint density at radius 1 is 1.40 bits per heavy atom. The van der Waals surface area contributed by atoms with E-state index in [-0.39, 0.29) is 18.3 Å². The number of hydrogen-bond acceptors (Lipinski definition) is 3. The molecule has 0 spiro atoms. The Labute approximate surface area is 97.5 Å². The Morgan fingerprint density at radius 2 is 2.07 bits per heavy atom. The highest BCUT2D eigenvalue weighted by Gasteiger charge is 2.30. The minimum absolute atomic E-state index is 0. The highest BCUT2D eigenvalue weighted by molar-refractivity contribution is 5.85. The van der Waals surface area contributed by atoms with Gasteiger partial charge in [-0.1, -0.05) is 0 Å². The molecule has 5 heteroatoms. The van der Waals surface area contributed by atoms with Crippen LogP contribution >= 0.6 is 12.4 Å². The summed E-state index contributed by atoms with van der Waals surface area (Å²) in [5.41, 5.74) is 5.13. The molecule has 0 aromatic rings. The molecule has 0 unspecified atom stereocenters. The van der Waals surface area contributed by atoms with Crippen molar-refractivity contribution >= 4 is 18.3 Å². The summed E-state index contributed by atoms with van der Waals surface area (Å²) >= 11 is 0. The van der Waals surface area contributed by atoms with Crippen molar-refractivity contribution < 1.29 is 9.53 Å². The van der Waals surface area contributed by atoms with Gasteiger partial charge in [0.1, 0.15) is 0 Å².